The Labute approximate surface area is 128 Å². The van der Waals surface area contributed by atoms with E-state index in [1.165, 1.54) is 12.1 Å². The van der Waals surface area contributed by atoms with Crippen LogP contribution < -0.4 is 0 Å². The van der Waals surface area contributed by atoms with Crippen LogP contribution in [0.2, 0.25) is 0 Å². The monoisotopic (exact) mass is 310 g/mol. The van der Waals surface area contributed by atoms with Gasteiger partial charge in [-0.15, -0.1) is 0 Å². The Morgan fingerprint density at radius 1 is 1.36 bits per heavy atom. The van der Waals surface area contributed by atoms with E-state index in [-0.39, 0.29) is 24.6 Å². The molecule has 1 aromatic rings. The van der Waals surface area contributed by atoms with Crippen molar-refractivity contribution in [3.05, 3.63) is 34.9 Å². The first kappa shape index (κ1) is 15.6. The average molecular weight is 310 g/mol. The van der Waals surface area contributed by atoms with E-state index in [4.69, 9.17) is 9.47 Å². The van der Waals surface area contributed by atoms with Gasteiger partial charge in [-0.05, 0) is 48.9 Å². The van der Waals surface area contributed by atoms with Crippen LogP contribution in [0.1, 0.15) is 37.3 Å². The zero-order valence-electron chi connectivity index (χ0n) is 12.8. The minimum Gasteiger partial charge on any atom is -0.349 e. The highest BCUT2D eigenvalue weighted by Crippen LogP contribution is 2.43. The van der Waals surface area contributed by atoms with Gasteiger partial charge in [0.2, 0.25) is 0 Å². The normalized spacial score (nSPS) is 29.5. The van der Waals surface area contributed by atoms with E-state index in [0.29, 0.717) is 36.8 Å². The molecule has 1 saturated carbocycles. The Kier molecular flexibility index (Phi) is 4.03. The number of hydrogen-bond acceptors (Lipinski definition) is 3. The molecule has 3 nitrogen and oxygen atoms in total. The number of hydrogen-bond donors (Lipinski definition) is 0. The van der Waals surface area contributed by atoms with Crippen molar-refractivity contribution in [2.24, 2.45) is 5.92 Å². The van der Waals surface area contributed by atoms with Gasteiger partial charge >= 0.3 is 0 Å². The van der Waals surface area contributed by atoms with Crippen molar-refractivity contribution in [1.29, 1.82) is 0 Å². The van der Waals surface area contributed by atoms with E-state index < -0.39 is 17.2 Å². The second-order valence-electron chi connectivity index (χ2n) is 6.41. The van der Waals surface area contributed by atoms with Crippen LogP contribution in [0.4, 0.5) is 8.78 Å². The SMILES string of the molecule is Cc1cc(F)c(CC(C)[C@]23CCC(=O)C[C@H]2OCO3)cc1F. The van der Waals surface area contributed by atoms with E-state index in [9.17, 15) is 13.6 Å². The minimum atomic E-state index is -0.568. The Bertz CT molecular complexity index is 602. The largest absolute Gasteiger partial charge is 0.349 e. The molecule has 0 amide bonds. The molecule has 0 spiro atoms. The van der Waals surface area contributed by atoms with Gasteiger partial charge in [-0.3, -0.25) is 4.79 Å². The topological polar surface area (TPSA) is 35.5 Å². The summed E-state index contributed by atoms with van der Waals surface area (Å²) in [7, 11) is 0. The molecule has 1 heterocycles. The summed E-state index contributed by atoms with van der Waals surface area (Å²) in [5.41, 5.74) is 0.0756. The highest BCUT2D eigenvalue weighted by Gasteiger charge is 2.52. The molecule has 0 N–H and O–H groups in total. The molecule has 120 valence electrons. The molecular weight excluding hydrogens is 290 g/mol. The third-order valence-corrected chi connectivity index (χ3v) is 5.04. The molecule has 3 atom stereocenters. The van der Waals surface area contributed by atoms with Crippen molar-refractivity contribution in [1.82, 2.24) is 0 Å². The highest BCUT2D eigenvalue weighted by atomic mass is 19.1. The van der Waals surface area contributed by atoms with Crippen LogP contribution in [-0.2, 0) is 20.7 Å². The first-order valence-electron chi connectivity index (χ1n) is 7.64. The third kappa shape index (κ3) is 2.57. The fraction of sp³-hybridized carbons (Fsp3) is 0.588. The Hall–Kier alpha value is -1.33. The lowest BCUT2D eigenvalue weighted by molar-refractivity contribution is -0.130. The maximum absolute atomic E-state index is 14.1. The fourth-order valence-electron chi connectivity index (χ4n) is 3.62. The number of ether oxygens (including phenoxy) is 2. The molecule has 1 saturated heterocycles. The van der Waals surface area contributed by atoms with Gasteiger partial charge in [-0.1, -0.05) is 6.92 Å². The van der Waals surface area contributed by atoms with Crippen LogP contribution in [0.25, 0.3) is 0 Å². The van der Waals surface area contributed by atoms with Crippen molar-refractivity contribution in [3.8, 4) is 0 Å². The summed E-state index contributed by atoms with van der Waals surface area (Å²) in [6.07, 6.45) is 1.46. The van der Waals surface area contributed by atoms with Crippen molar-refractivity contribution >= 4 is 5.78 Å². The number of rotatable bonds is 3. The zero-order chi connectivity index (χ0) is 15.9. The second kappa shape index (κ2) is 5.70. The van der Waals surface area contributed by atoms with Gasteiger partial charge in [-0.25, -0.2) is 8.78 Å². The number of aryl methyl sites for hydroxylation is 1. The predicted molar refractivity (Wildman–Crippen MR) is 76.4 cm³/mol. The standard InChI is InChI=1S/C17H20F2O3/c1-10-5-15(19)12(7-14(10)18)6-11(2)17-4-3-13(20)8-16(17)21-9-22-17/h5,7,11,16H,3-4,6,8-9H2,1-2H3/t11?,16-,17-/m1/s1. The summed E-state index contributed by atoms with van der Waals surface area (Å²) in [6.45, 7) is 3.66. The van der Waals surface area contributed by atoms with Crippen molar-refractivity contribution in [3.63, 3.8) is 0 Å². The van der Waals surface area contributed by atoms with Crippen LogP contribution in [0.5, 0.6) is 0 Å². The number of carbonyl (C=O) groups is 1. The van der Waals surface area contributed by atoms with Crippen molar-refractivity contribution in [2.75, 3.05) is 6.79 Å². The van der Waals surface area contributed by atoms with Crippen LogP contribution in [0, 0.1) is 24.5 Å². The number of Topliss-reactive ketones (excluding diaryl/α,β-unsaturated/α-hetero) is 1. The molecule has 22 heavy (non-hydrogen) atoms. The quantitative estimate of drug-likeness (QED) is 0.859. The lowest BCUT2D eigenvalue weighted by Gasteiger charge is -2.40. The highest BCUT2D eigenvalue weighted by molar-refractivity contribution is 5.80. The maximum Gasteiger partial charge on any atom is 0.148 e. The van der Waals surface area contributed by atoms with E-state index in [1.54, 1.807) is 6.92 Å². The number of benzene rings is 1. The Morgan fingerprint density at radius 2 is 2.14 bits per heavy atom. The molecular formula is C17H20F2O3. The van der Waals surface area contributed by atoms with Crippen LogP contribution in [0.15, 0.2) is 12.1 Å². The molecule has 0 aromatic heterocycles. The number of carbonyl (C=O) groups excluding carboxylic acids is 1. The molecule has 0 bridgehead atoms. The van der Waals surface area contributed by atoms with Gasteiger partial charge < -0.3 is 9.47 Å². The van der Waals surface area contributed by atoms with E-state index in [0.717, 1.165) is 0 Å². The van der Waals surface area contributed by atoms with Crippen molar-refractivity contribution in [2.45, 2.75) is 51.2 Å². The third-order valence-electron chi connectivity index (χ3n) is 5.04. The van der Waals surface area contributed by atoms with Gasteiger partial charge in [0.25, 0.3) is 0 Å². The van der Waals surface area contributed by atoms with Crippen molar-refractivity contribution < 1.29 is 23.0 Å². The Balaban J connectivity index is 1.83. The molecule has 1 aliphatic carbocycles. The molecule has 3 rings (SSSR count). The van der Waals surface area contributed by atoms with E-state index >= 15 is 0 Å². The summed E-state index contributed by atoms with van der Waals surface area (Å²) < 4.78 is 39.2. The number of halogens is 2. The van der Waals surface area contributed by atoms with Gasteiger partial charge in [0, 0.05) is 12.8 Å². The summed E-state index contributed by atoms with van der Waals surface area (Å²) in [5.74, 6) is -0.694. The predicted octanol–water partition coefficient (Wildman–Crippen LogP) is 3.32. The summed E-state index contributed by atoms with van der Waals surface area (Å²) >= 11 is 0. The van der Waals surface area contributed by atoms with Crippen LogP contribution in [0.3, 0.4) is 0 Å². The first-order chi connectivity index (χ1) is 10.4. The van der Waals surface area contributed by atoms with Gasteiger partial charge in [0.1, 0.15) is 29.8 Å². The van der Waals surface area contributed by atoms with Crippen LogP contribution >= 0.6 is 0 Å². The molecule has 0 radical (unpaired) electrons. The minimum absolute atomic E-state index is 0.0651. The van der Waals surface area contributed by atoms with Crippen LogP contribution in [-0.4, -0.2) is 24.3 Å². The second-order valence-corrected chi connectivity index (χ2v) is 6.41. The molecule has 2 aliphatic rings. The maximum atomic E-state index is 14.1. The Morgan fingerprint density at radius 3 is 2.91 bits per heavy atom. The molecule has 2 fully saturated rings. The number of ketones is 1. The lowest BCUT2D eigenvalue weighted by Crippen LogP contribution is -2.50. The summed E-state index contributed by atoms with van der Waals surface area (Å²) in [6, 6.07) is 2.49. The fourth-order valence-corrected chi connectivity index (χ4v) is 3.62. The molecule has 1 aliphatic heterocycles. The van der Waals surface area contributed by atoms with Gasteiger partial charge in [0.05, 0.1) is 6.10 Å². The van der Waals surface area contributed by atoms with Gasteiger partial charge in [0.15, 0.2) is 0 Å². The zero-order valence-corrected chi connectivity index (χ0v) is 12.8. The first-order valence-corrected chi connectivity index (χ1v) is 7.64. The van der Waals surface area contributed by atoms with Gasteiger partial charge in [-0.2, -0.15) is 0 Å². The molecule has 1 unspecified atom stereocenters. The van der Waals surface area contributed by atoms with E-state index in [2.05, 4.69) is 0 Å². The summed E-state index contributed by atoms with van der Waals surface area (Å²) in [5, 5.41) is 0. The summed E-state index contributed by atoms with van der Waals surface area (Å²) in [4.78, 5) is 11.6. The molecule has 1 aromatic carbocycles. The smallest absolute Gasteiger partial charge is 0.148 e. The lowest BCUT2D eigenvalue weighted by atomic mass is 9.72. The van der Waals surface area contributed by atoms with E-state index in [1.807, 2.05) is 6.92 Å². The molecule has 5 heteroatoms. The average Bonchev–Trinajstić information content (AvgIpc) is 2.88. The number of fused-ring (bicyclic) bond motifs is 1.